The largest absolute Gasteiger partial charge is 0.445 e. The highest BCUT2D eigenvalue weighted by atomic mass is 16.5. The van der Waals surface area contributed by atoms with Gasteiger partial charge in [-0.25, -0.2) is 4.79 Å². The lowest BCUT2D eigenvalue weighted by Gasteiger charge is -2.05. The van der Waals surface area contributed by atoms with Gasteiger partial charge in [0.1, 0.15) is 6.61 Å². The number of nitrogens with one attached hydrogen (secondary N) is 1. The van der Waals surface area contributed by atoms with Crippen LogP contribution in [0.5, 0.6) is 0 Å². The molecule has 1 N–H and O–H groups in total. The molecule has 0 spiro atoms. The van der Waals surface area contributed by atoms with Gasteiger partial charge in [0.15, 0.2) is 0 Å². The average Bonchev–Trinajstić information content (AvgIpc) is 2.61. The number of rotatable bonds is 5. The lowest BCUT2D eigenvalue weighted by atomic mass is 10.0. The number of carbonyl (C=O) groups is 1. The number of alkyl carbamates (subject to hydrolysis) is 1. The summed E-state index contributed by atoms with van der Waals surface area (Å²) in [4.78, 5) is 11.6. The average molecular weight is 321 g/mol. The Bertz CT molecular complexity index is 694. The van der Waals surface area contributed by atoms with Crippen molar-refractivity contribution < 1.29 is 9.53 Å². The van der Waals surface area contributed by atoms with Gasteiger partial charge in [-0.05, 0) is 29.2 Å². The first-order valence-corrected chi connectivity index (χ1v) is 8.18. The maximum absolute atomic E-state index is 11.6. The maximum atomic E-state index is 11.6. The predicted octanol–water partition coefficient (Wildman–Crippen LogP) is 4.48. The Balaban J connectivity index is 1.66. The molecule has 0 atom stereocenters. The first kappa shape index (κ1) is 17.6. The van der Waals surface area contributed by atoms with Crippen molar-refractivity contribution in [2.45, 2.75) is 32.8 Å². The molecule has 0 radical (unpaired) electrons. The lowest BCUT2D eigenvalue weighted by molar-refractivity contribution is 0.140. The van der Waals surface area contributed by atoms with Crippen molar-refractivity contribution in [1.29, 1.82) is 0 Å². The van der Waals surface area contributed by atoms with Crippen LogP contribution in [0.3, 0.4) is 0 Å². The Morgan fingerprint density at radius 2 is 1.79 bits per heavy atom. The Morgan fingerprint density at radius 1 is 1.08 bits per heavy atom. The summed E-state index contributed by atoms with van der Waals surface area (Å²) >= 11 is 0. The molecule has 124 valence electrons. The van der Waals surface area contributed by atoms with E-state index < -0.39 is 6.09 Å². The zero-order chi connectivity index (χ0) is 17.2. The van der Waals surface area contributed by atoms with Gasteiger partial charge in [-0.2, -0.15) is 0 Å². The number of ether oxygens (including phenoxy) is 1. The molecule has 3 nitrogen and oxygen atoms in total. The minimum Gasteiger partial charge on any atom is -0.445 e. The van der Waals surface area contributed by atoms with Crippen LogP contribution in [-0.4, -0.2) is 12.6 Å². The second-order valence-electron chi connectivity index (χ2n) is 5.82. The van der Waals surface area contributed by atoms with Gasteiger partial charge in [0, 0.05) is 18.5 Å². The minimum atomic E-state index is -0.415. The van der Waals surface area contributed by atoms with E-state index >= 15 is 0 Å². The zero-order valence-corrected chi connectivity index (χ0v) is 14.2. The van der Waals surface area contributed by atoms with E-state index in [9.17, 15) is 4.79 Å². The van der Waals surface area contributed by atoms with Crippen LogP contribution < -0.4 is 5.32 Å². The number of hydrogen-bond donors (Lipinski definition) is 1. The van der Waals surface area contributed by atoms with E-state index in [4.69, 9.17) is 4.74 Å². The van der Waals surface area contributed by atoms with Gasteiger partial charge < -0.3 is 10.1 Å². The molecule has 2 aromatic carbocycles. The van der Waals surface area contributed by atoms with Gasteiger partial charge in [0.2, 0.25) is 0 Å². The van der Waals surface area contributed by atoms with Gasteiger partial charge in [0.25, 0.3) is 0 Å². The SMILES string of the molecule is CC(C)c1ccc(C#CCCNC(=O)OCc2ccccc2)cc1. The molecule has 0 saturated carbocycles. The Hall–Kier alpha value is -2.73. The third kappa shape index (κ3) is 6.18. The topological polar surface area (TPSA) is 38.3 Å². The van der Waals surface area contributed by atoms with Crippen molar-refractivity contribution in [1.82, 2.24) is 5.32 Å². The molecule has 1 amide bonds. The van der Waals surface area contributed by atoms with E-state index in [1.807, 2.05) is 42.5 Å². The molecule has 0 aliphatic carbocycles. The standard InChI is InChI=1S/C21H23NO2/c1-17(2)20-13-11-18(12-14-20)8-6-7-15-22-21(23)24-16-19-9-4-3-5-10-19/h3-5,9-14,17H,7,15-16H2,1-2H3,(H,22,23). The number of hydrogen-bond acceptors (Lipinski definition) is 2. The molecule has 0 aromatic heterocycles. The molecular formula is C21H23NO2. The summed E-state index contributed by atoms with van der Waals surface area (Å²) in [6.45, 7) is 5.09. The second kappa shape index (κ2) is 9.42. The molecule has 0 aliphatic heterocycles. The van der Waals surface area contributed by atoms with Crippen LogP contribution >= 0.6 is 0 Å². The zero-order valence-electron chi connectivity index (χ0n) is 14.2. The van der Waals surface area contributed by atoms with Gasteiger partial charge in [0.05, 0.1) is 0 Å². The molecular weight excluding hydrogens is 298 g/mol. The van der Waals surface area contributed by atoms with E-state index in [0.717, 1.165) is 11.1 Å². The molecule has 0 aliphatic rings. The van der Waals surface area contributed by atoms with Crippen LogP contribution in [0.25, 0.3) is 0 Å². The fraction of sp³-hybridized carbons (Fsp3) is 0.286. The fourth-order valence-corrected chi connectivity index (χ4v) is 2.12. The highest BCUT2D eigenvalue weighted by Gasteiger charge is 2.00. The Labute approximate surface area is 144 Å². The summed E-state index contributed by atoms with van der Waals surface area (Å²) in [5, 5.41) is 2.70. The molecule has 24 heavy (non-hydrogen) atoms. The van der Waals surface area contributed by atoms with Crippen molar-refractivity contribution in [3.05, 3.63) is 71.3 Å². The highest BCUT2D eigenvalue weighted by molar-refractivity contribution is 5.67. The molecule has 2 rings (SSSR count). The van der Waals surface area contributed by atoms with E-state index in [2.05, 4.69) is 43.1 Å². The quantitative estimate of drug-likeness (QED) is 0.651. The van der Waals surface area contributed by atoms with E-state index in [1.165, 1.54) is 5.56 Å². The van der Waals surface area contributed by atoms with Gasteiger partial charge >= 0.3 is 6.09 Å². The van der Waals surface area contributed by atoms with Crippen molar-refractivity contribution in [3.8, 4) is 11.8 Å². The Kier molecular flexibility index (Phi) is 6.91. The second-order valence-corrected chi connectivity index (χ2v) is 5.82. The van der Waals surface area contributed by atoms with E-state index in [1.54, 1.807) is 0 Å². The monoisotopic (exact) mass is 321 g/mol. The summed E-state index contributed by atoms with van der Waals surface area (Å²) in [6, 6.07) is 17.9. The smallest absolute Gasteiger partial charge is 0.407 e. The van der Waals surface area contributed by atoms with E-state index in [-0.39, 0.29) is 6.61 Å². The third-order valence-corrected chi connectivity index (χ3v) is 3.54. The fourth-order valence-electron chi connectivity index (χ4n) is 2.12. The van der Waals surface area contributed by atoms with Crippen LogP contribution in [0.4, 0.5) is 4.79 Å². The maximum Gasteiger partial charge on any atom is 0.407 e. The predicted molar refractivity (Wildman–Crippen MR) is 96.7 cm³/mol. The van der Waals surface area contributed by atoms with Crippen LogP contribution in [0.1, 0.15) is 42.9 Å². The molecule has 0 heterocycles. The van der Waals surface area contributed by atoms with Crippen LogP contribution in [-0.2, 0) is 11.3 Å². The summed E-state index contributed by atoms with van der Waals surface area (Å²) in [5.74, 6) is 6.69. The summed E-state index contributed by atoms with van der Waals surface area (Å²) in [5.41, 5.74) is 3.27. The molecule has 0 unspecified atom stereocenters. The first-order chi connectivity index (χ1) is 11.6. The van der Waals surface area contributed by atoms with Gasteiger partial charge in [-0.15, -0.1) is 0 Å². The van der Waals surface area contributed by atoms with Crippen molar-refractivity contribution in [3.63, 3.8) is 0 Å². The van der Waals surface area contributed by atoms with Gasteiger partial charge in [-0.3, -0.25) is 0 Å². The normalized spacial score (nSPS) is 9.96. The first-order valence-electron chi connectivity index (χ1n) is 8.18. The van der Waals surface area contributed by atoms with Crippen LogP contribution in [0.15, 0.2) is 54.6 Å². The molecule has 0 bridgehead atoms. The molecule has 0 fully saturated rings. The van der Waals surface area contributed by atoms with Crippen LogP contribution in [0, 0.1) is 11.8 Å². The van der Waals surface area contributed by atoms with E-state index in [0.29, 0.717) is 18.9 Å². The van der Waals surface area contributed by atoms with Crippen LogP contribution in [0.2, 0.25) is 0 Å². The minimum absolute atomic E-state index is 0.278. The number of carbonyl (C=O) groups excluding carboxylic acids is 1. The van der Waals surface area contributed by atoms with Gasteiger partial charge in [-0.1, -0.05) is 68.2 Å². The molecule has 2 aromatic rings. The van der Waals surface area contributed by atoms with Crippen molar-refractivity contribution in [2.75, 3.05) is 6.54 Å². The summed E-state index contributed by atoms with van der Waals surface area (Å²) in [7, 11) is 0. The molecule has 0 saturated heterocycles. The molecule has 3 heteroatoms. The van der Waals surface area contributed by atoms with Crippen molar-refractivity contribution in [2.24, 2.45) is 0 Å². The summed E-state index contributed by atoms with van der Waals surface area (Å²) < 4.78 is 5.13. The third-order valence-electron chi connectivity index (χ3n) is 3.54. The number of amides is 1. The highest BCUT2D eigenvalue weighted by Crippen LogP contribution is 2.14. The van der Waals surface area contributed by atoms with Crippen molar-refractivity contribution >= 4 is 6.09 Å². The Morgan fingerprint density at radius 3 is 2.46 bits per heavy atom. The number of benzene rings is 2. The lowest BCUT2D eigenvalue weighted by Crippen LogP contribution is -2.24. The summed E-state index contributed by atoms with van der Waals surface area (Å²) in [6.07, 6.45) is 0.175.